The third-order valence-corrected chi connectivity index (χ3v) is 7.38. The fourth-order valence-electron chi connectivity index (χ4n) is 5.33. The second-order valence-electron chi connectivity index (χ2n) is 9.94. The van der Waals surface area contributed by atoms with E-state index in [2.05, 4.69) is 24.0 Å². The second-order valence-corrected chi connectivity index (χ2v) is 9.94. The van der Waals surface area contributed by atoms with Crippen molar-refractivity contribution in [3.63, 3.8) is 0 Å². The number of rotatable bonds is 6. The minimum absolute atomic E-state index is 0.00503. The summed E-state index contributed by atoms with van der Waals surface area (Å²) < 4.78 is 7.78. The number of carbonyl (C=O) groups is 2. The molecule has 2 saturated carbocycles. The van der Waals surface area contributed by atoms with Gasteiger partial charge < -0.3 is 19.6 Å². The fourth-order valence-corrected chi connectivity index (χ4v) is 5.33. The summed E-state index contributed by atoms with van der Waals surface area (Å²) >= 11 is 0. The molecular weight excluding hydrogens is 436 g/mol. The van der Waals surface area contributed by atoms with Crippen molar-refractivity contribution < 1.29 is 19.4 Å². The summed E-state index contributed by atoms with van der Waals surface area (Å²) in [6.45, 7) is 2.23. The predicted molar refractivity (Wildman–Crippen MR) is 127 cm³/mol. The third-order valence-electron chi connectivity index (χ3n) is 7.38. The van der Waals surface area contributed by atoms with E-state index in [1.54, 1.807) is 6.07 Å². The number of hydrogen-bond acceptors (Lipinski definition) is 6. The first-order valence-corrected chi connectivity index (χ1v) is 12.0. The maximum absolute atomic E-state index is 13.1. The molecule has 2 heterocycles. The zero-order valence-electron chi connectivity index (χ0n) is 19.9. The Balaban J connectivity index is 0.000000868. The second kappa shape index (κ2) is 10.7. The number of amides is 1. The average molecular weight is 471 g/mol. The van der Waals surface area contributed by atoms with Crippen LogP contribution in [0.25, 0.3) is 10.9 Å². The number of benzene rings is 1. The van der Waals surface area contributed by atoms with Gasteiger partial charge >= 0.3 is 0 Å². The molecule has 1 aromatic heterocycles. The van der Waals surface area contributed by atoms with Crippen molar-refractivity contribution in [2.24, 2.45) is 17.8 Å². The van der Waals surface area contributed by atoms with Crippen LogP contribution in [0.2, 0.25) is 0 Å². The van der Waals surface area contributed by atoms with Crippen molar-refractivity contribution in [2.75, 3.05) is 33.8 Å². The van der Waals surface area contributed by atoms with Crippen LogP contribution in [0.1, 0.15) is 25.7 Å². The summed E-state index contributed by atoms with van der Waals surface area (Å²) in [6, 6.07) is 7.67. The summed E-state index contributed by atoms with van der Waals surface area (Å²) in [4.78, 5) is 42.8. The smallest absolute Gasteiger partial charge is 0.290 e. The highest BCUT2D eigenvalue weighted by atomic mass is 16.5. The highest BCUT2D eigenvalue weighted by Gasteiger charge is 2.44. The topological polar surface area (TPSA) is 105 Å². The van der Waals surface area contributed by atoms with Gasteiger partial charge in [0.05, 0.1) is 23.3 Å². The lowest BCUT2D eigenvalue weighted by Gasteiger charge is -2.41. The molecule has 3 fully saturated rings. The SMILES string of the molecule is CN(C)[C@@H]1C[C@@H]2CN(C(=O)Cn3cnc4ccccc4c3=O)C[C@@H]2C[C@H]1OCC1CC1.O=CO. The normalized spacial score (nSPS) is 26.1. The van der Waals surface area contributed by atoms with Crippen LogP contribution in [0, 0.1) is 17.8 Å². The number of carbonyl (C=O) groups excluding carboxylic acids is 1. The Bertz CT molecular complexity index is 1070. The summed E-state index contributed by atoms with van der Waals surface area (Å²) in [5, 5.41) is 7.44. The lowest BCUT2D eigenvalue weighted by atomic mass is 9.77. The molecule has 1 N–H and O–H groups in total. The van der Waals surface area contributed by atoms with Gasteiger partial charge in [-0.25, -0.2) is 4.98 Å². The van der Waals surface area contributed by atoms with Gasteiger partial charge in [0.15, 0.2) is 0 Å². The monoisotopic (exact) mass is 470 g/mol. The van der Waals surface area contributed by atoms with Crippen molar-refractivity contribution in [2.45, 2.75) is 44.4 Å². The molecule has 2 aromatic rings. The van der Waals surface area contributed by atoms with E-state index in [9.17, 15) is 9.59 Å². The van der Waals surface area contributed by atoms with E-state index < -0.39 is 0 Å². The minimum Gasteiger partial charge on any atom is -0.483 e. The zero-order valence-corrected chi connectivity index (χ0v) is 19.9. The van der Waals surface area contributed by atoms with Gasteiger partial charge in [-0.05, 0) is 69.7 Å². The van der Waals surface area contributed by atoms with Crippen molar-refractivity contribution in [3.8, 4) is 0 Å². The Kier molecular flexibility index (Phi) is 7.63. The highest BCUT2D eigenvalue weighted by Crippen LogP contribution is 2.40. The van der Waals surface area contributed by atoms with E-state index in [1.165, 1.54) is 23.7 Å². The quantitative estimate of drug-likeness (QED) is 0.641. The van der Waals surface area contributed by atoms with Crippen molar-refractivity contribution in [1.82, 2.24) is 19.4 Å². The van der Waals surface area contributed by atoms with Crippen LogP contribution in [0.3, 0.4) is 0 Å². The molecule has 2 aliphatic carbocycles. The van der Waals surface area contributed by atoms with E-state index in [0.29, 0.717) is 28.8 Å². The first-order chi connectivity index (χ1) is 16.4. The molecule has 0 bridgehead atoms. The number of likely N-dealkylation sites (tertiary alicyclic amines) is 1. The summed E-state index contributed by atoms with van der Waals surface area (Å²) in [7, 11) is 4.27. The van der Waals surface area contributed by atoms with Crippen LogP contribution in [0.5, 0.6) is 0 Å². The Morgan fingerprint density at radius 3 is 2.56 bits per heavy atom. The minimum atomic E-state index is -0.250. The van der Waals surface area contributed by atoms with Crippen molar-refractivity contribution >= 4 is 23.3 Å². The molecule has 0 radical (unpaired) electrons. The van der Waals surface area contributed by atoms with Crippen molar-refractivity contribution in [3.05, 3.63) is 40.9 Å². The first kappa shape index (κ1) is 24.3. The average Bonchev–Trinajstić information content (AvgIpc) is 3.56. The Morgan fingerprint density at radius 1 is 1.21 bits per heavy atom. The third kappa shape index (κ3) is 5.47. The fraction of sp³-hybridized carbons (Fsp3) is 0.600. The molecule has 4 atom stereocenters. The maximum atomic E-state index is 13.1. The number of nitrogens with zero attached hydrogens (tertiary/aromatic N) is 4. The van der Waals surface area contributed by atoms with Gasteiger partial charge in [0, 0.05) is 25.7 Å². The predicted octanol–water partition coefficient (Wildman–Crippen LogP) is 1.69. The molecule has 5 rings (SSSR count). The number of hydrogen-bond donors (Lipinski definition) is 1. The van der Waals surface area contributed by atoms with Gasteiger partial charge in [-0.15, -0.1) is 0 Å². The first-order valence-electron chi connectivity index (χ1n) is 12.0. The molecular formula is C25H34N4O5. The molecule has 1 amide bonds. The van der Waals surface area contributed by atoms with Crippen LogP contribution in [0.15, 0.2) is 35.4 Å². The van der Waals surface area contributed by atoms with Gasteiger partial charge in [0.2, 0.25) is 5.91 Å². The summed E-state index contributed by atoms with van der Waals surface area (Å²) in [5.41, 5.74) is 0.507. The van der Waals surface area contributed by atoms with E-state index in [4.69, 9.17) is 14.6 Å². The molecule has 0 spiro atoms. The lowest BCUT2D eigenvalue weighted by molar-refractivity contribution is -0.131. The maximum Gasteiger partial charge on any atom is 0.290 e. The van der Waals surface area contributed by atoms with E-state index >= 15 is 0 Å². The Morgan fingerprint density at radius 2 is 1.88 bits per heavy atom. The van der Waals surface area contributed by atoms with E-state index in [-0.39, 0.29) is 30.6 Å². The standard InChI is InChI=1S/C24H32N4O3.CH2O2/c1-26(2)21-9-17-11-27(12-18(17)10-22(21)31-14-16-7-8-16)23(29)13-28-15-25-20-6-4-3-5-19(20)24(28)30;2-1-3/h3-6,15-18,21-22H,7-14H2,1-2H3;1H,(H,2,3)/t17-,18+,21-,22-;/m1./s1. The van der Waals surface area contributed by atoms with E-state index in [0.717, 1.165) is 38.5 Å². The molecule has 1 aromatic carbocycles. The Hall–Kier alpha value is -2.78. The molecule has 184 valence electrons. The molecule has 34 heavy (non-hydrogen) atoms. The number of para-hydroxylation sites is 1. The largest absolute Gasteiger partial charge is 0.483 e. The summed E-state index contributed by atoms with van der Waals surface area (Å²) in [5.74, 6) is 1.75. The molecule has 0 unspecified atom stereocenters. The van der Waals surface area contributed by atoms with Gasteiger partial charge in [-0.3, -0.25) is 19.0 Å². The number of likely N-dealkylation sites (N-methyl/N-ethyl adjacent to an activating group) is 1. The van der Waals surface area contributed by atoms with Crippen LogP contribution < -0.4 is 5.56 Å². The lowest BCUT2D eigenvalue weighted by Crippen LogP contribution is -2.48. The summed E-state index contributed by atoms with van der Waals surface area (Å²) in [6.07, 6.45) is 6.43. The molecule has 9 heteroatoms. The zero-order chi connectivity index (χ0) is 24.2. The molecule has 9 nitrogen and oxygen atoms in total. The highest BCUT2D eigenvalue weighted by molar-refractivity contribution is 5.79. The van der Waals surface area contributed by atoms with Gasteiger partial charge in [-0.2, -0.15) is 0 Å². The van der Waals surface area contributed by atoms with Gasteiger partial charge in [-0.1, -0.05) is 12.1 Å². The van der Waals surface area contributed by atoms with Crippen LogP contribution in [0.4, 0.5) is 0 Å². The number of ether oxygens (including phenoxy) is 1. The van der Waals surface area contributed by atoms with Crippen molar-refractivity contribution in [1.29, 1.82) is 0 Å². The van der Waals surface area contributed by atoms with Gasteiger partial charge in [0.1, 0.15) is 6.54 Å². The van der Waals surface area contributed by atoms with Crippen LogP contribution in [-0.4, -0.2) is 82.8 Å². The molecule has 1 aliphatic heterocycles. The number of fused-ring (bicyclic) bond motifs is 2. The molecule has 3 aliphatic rings. The van der Waals surface area contributed by atoms with Crippen LogP contribution in [-0.2, 0) is 20.9 Å². The number of carboxylic acid groups (broad SMARTS) is 1. The van der Waals surface area contributed by atoms with Gasteiger partial charge in [0.25, 0.3) is 12.0 Å². The molecule has 1 saturated heterocycles. The van der Waals surface area contributed by atoms with Crippen LogP contribution >= 0.6 is 0 Å². The Labute approximate surface area is 199 Å². The number of aromatic nitrogens is 2. The van der Waals surface area contributed by atoms with E-state index in [1.807, 2.05) is 23.1 Å².